The summed E-state index contributed by atoms with van der Waals surface area (Å²) in [5.41, 5.74) is 18.2. The van der Waals surface area contributed by atoms with Crippen LogP contribution >= 0.6 is 0 Å². The predicted molar refractivity (Wildman–Crippen MR) is 216 cm³/mol. The summed E-state index contributed by atoms with van der Waals surface area (Å²) in [6, 6.07) is 65.8. The van der Waals surface area contributed by atoms with Crippen LogP contribution in [-0.4, -0.2) is 9.55 Å². The minimum Gasteiger partial charge on any atom is -0.455 e. The summed E-state index contributed by atoms with van der Waals surface area (Å²) in [5.74, 6) is 0.930. The number of benzene rings is 8. The molecular formula is C50H30N2O. The maximum absolute atomic E-state index is 6.76. The van der Waals surface area contributed by atoms with Gasteiger partial charge in [0.2, 0.25) is 0 Å². The molecule has 0 fully saturated rings. The van der Waals surface area contributed by atoms with E-state index < -0.39 is 5.41 Å². The van der Waals surface area contributed by atoms with Crippen molar-refractivity contribution in [3.05, 3.63) is 204 Å². The summed E-state index contributed by atoms with van der Waals surface area (Å²) in [4.78, 5) is 5.15. The van der Waals surface area contributed by atoms with Crippen LogP contribution in [0.15, 0.2) is 186 Å². The molecule has 0 radical (unpaired) electrons. The highest BCUT2D eigenvalue weighted by atomic mass is 16.3. The van der Waals surface area contributed by atoms with Crippen LogP contribution < -0.4 is 0 Å². The van der Waals surface area contributed by atoms with E-state index in [1.807, 2.05) is 0 Å². The molecule has 1 atom stereocenters. The zero-order chi connectivity index (χ0) is 34.7. The molecule has 53 heavy (non-hydrogen) atoms. The fraction of sp³-hybridized carbons (Fsp3) is 0.0200. The average Bonchev–Trinajstić information content (AvgIpc) is 3.96. The zero-order valence-electron chi connectivity index (χ0n) is 28.6. The molecule has 2 heterocycles. The van der Waals surface area contributed by atoms with E-state index >= 15 is 0 Å². The Morgan fingerprint density at radius 1 is 0.453 bits per heavy atom. The lowest BCUT2D eigenvalue weighted by molar-refractivity contribution is 0.669. The number of rotatable bonds is 3. The van der Waals surface area contributed by atoms with Crippen LogP contribution in [0.25, 0.3) is 83.4 Å². The third-order valence-corrected chi connectivity index (χ3v) is 11.6. The van der Waals surface area contributed by atoms with Crippen LogP contribution in [0, 0.1) is 0 Å². The molecule has 246 valence electrons. The highest BCUT2D eigenvalue weighted by Gasteiger charge is 2.53. The smallest absolute Gasteiger partial charge is 0.145 e. The Morgan fingerprint density at radius 2 is 1.11 bits per heavy atom. The lowest BCUT2D eigenvalue weighted by Crippen LogP contribution is -2.26. The number of para-hydroxylation sites is 4. The minimum absolute atomic E-state index is 0.512. The molecule has 1 spiro atoms. The summed E-state index contributed by atoms with van der Waals surface area (Å²) >= 11 is 0. The Balaban J connectivity index is 1.11. The molecule has 1 unspecified atom stereocenters. The molecule has 3 nitrogen and oxygen atoms in total. The molecule has 2 aliphatic carbocycles. The van der Waals surface area contributed by atoms with E-state index in [9.17, 15) is 0 Å². The second-order valence-electron chi connectivity index (χ2n) is 14.2. The van der Waals surface area contributed by atoms with Crippen LogP contribution in [-0.2, 0) is 5.41 Å². The van der Waals surface area contributed by atoms with Crippen molar-refractivity contribution in [2.75, 3.05) is 0 Å². The predicted octanol–water partition coefficient (Wildman–Crippen LogP) is 12.6. The molecule has 10 aromatic rings. The van der Waals surface area contributed by atoms with Gasteiger partial charge in [-0.15, -0.1) is 0 Å². The third kappa shape index (κ3) is 3.70. The summed E-state index contributed by atoms with van der Waals surface area (Å²) in [6.07, 6.45) is 0. The molecule has 0 aliphatic heterocycles. The minimum atomic E-state index is -0.512. The fourth-order valence-corrected chi connectivity index (χ4v) is 9.56. The first kappa shape index (κ1) is 28.7. The number of imidazole rings is 1. The SMILES string of the molecule is c1ccc(-n2c(-c3ccc(-c4cccc5c4C4(c6ccccc6-5)c5ccccc5-c5c4ccc4c5oc5ccccc54)cc3)nc3ccccc32)cc1. The van der Waals surface area contributed by atoms with Crippen molar-refractivity contribution in [3.8, 4) is 50.5 Å². The maximum atomic E-state index is 6.76. The van der Waals surface area contributed by atoms with Gasteiger partial charge in [0.1, 0.15) is 17.0 Å². The number of aromatic nitrogens is 2. The number of furan rings is 1. The maximum Gasteiger partial charge on any atom is 0.145 e. The van der Waals surface area contributed by atoms with Gasteiger partial charge in [-0.25, -0.2) is 4.98 Å². The molecule has 2 aromatic heterocycles. The number of hydrogen-bond acceptors (Lipinski definition) is 2. The number of hydrogen-bond donors (Lipinski definition) is 0. The normalized spacial score (nSPS) is 15.2. The molecule has 0 bridgehead atoms. The summed E-state index contributed by atoms with van der Waals surface area (Å²) < 4.78 is 9.02. The fourth-order valence-electron chi connectivity index (χ4n) is 9.56. The van der Waals surface area contributed by atoms with Gasteiger partial charge >= 0.3 is 0 Å². The Hall–Kier alpha value is -6.97. The topological polar surface area (TPSA) is 31.0 Å². The molecule has 0 saturated heterocycles. The van der Waals surface area contributed by atoms with E-state index in [1.165, 1.54) is 55.6 Å². The van der Waals surface area contributed by atoms with Gasteiger partial charge in [-0.1, -0.05) is 152 Å². The zero-order valence-corrected chi connectivity index (χ0v) is 28.6. The average molecular weight is 675 g/mol. The van der Waals surface area contributed by atoms with Crippen LogP contribution in [0.5, 0.6) is 0 Å². The van der Waals surface area contributed by atoms with Gasteiger partial charge in [-0.2, -0.15) is 0 Å². The van der Waals surface area contributed by atoms with Gasteiger partial charge in [-0.05, 0) is 80.4 Å². The first-order valence-corrected chi connectivity index (χ1v) is 18.2. The second kappa shape index (κ2) is 10.5. The number of fused-ring (bicyclic) bond motifs is 15. The van der Waals surface area contributed by atoms with Crippen molar-refractivity contribution in [1.29, 1.82) is 0 Å². The lowest BCUT2D eigenvalue weighted by Gasteiger charge is -2.32. The van der Waals surface area contributed by atoms with Gasteiger partial charge < -0.3 is 4.42 Å². The van der Waals surface area contributed by atoms with Gasteiger partial charge in [0.15, 0.2) is 0 Å². The monoisotopic (exact) mass is 674 g/mol. The largest absolute Gasteiger partial charge is 0.455 e. The first-order chi connectivity index (χ1) is 26.3. The molecule has 0 saturated carbocycles. The quantitative estimate of drug-likeness (QED) is 0.187. The molecule has 2 aliphatic rings. The van der Waals surface area contributed by atoms with Crippen molar-refractivity contribution in [2.45, 2.75) is 5.41 Å². The Kier molecular flexibility index (Phi) is 5.70. The Bertz CT molecular complexity index is 3110. The van der Waals surface area contributed by atoms with Crippen molar-refractivity contribution in [3.63, 3.8) is 0 Å². The van der Waals surface area contributed by atoms with Crippen LogP contribution in [0.2, 0.25) is 0 Å². The lowest BCUT2D eigenvalue weighted by atomic mass is 9.68. The van der Waals surface area contributed by atoms with Gasteiger partial charge in [0.25, 0.3) is 0 Å². The van der Waals surface area contributed by atoms with Crippen LogP contribution in [0.4, 0.5) is 0 Å². The molecule has 8 aromatic carbocycles. The molecule has 3 heteroatoms. The standard InChI is InChI=1S/C50H30N2O/c1-2-13-33(14-3-1)52-44-23-10-9-22-43(44)51-49(52)32-27-25-31(26-28-32)34-18-12-19-37-35-15-4-7-20-40(35)50(47(34)37)41-21-8-5-17-39(41)46-42(50)30-29-38-36-16-6-11-24-45(36)53-48(38)46/h1-30H. The van der Waals surface area contributed by atoms with Gasteiger partial charge in [0, 0.05) is 27.6 Å². The van der Waals surface area contributed by atoms with Gasteiger partial charge in [0.05, 0.1) is 16.4 Å². The molecular weight excluding hydrogens is 645 g/mol. The number of nitrogens with zero attached hydrogens (tertiary/aromatic N) is 2. The van der Waals surface area contributed by atoms with E-state index in [-0.39, 0.29) is 0 Å². The summed E-state index contributed by atoms with van der Waals surface area (Å²) in [5, 5.41) is 2.31. The summed E-state index contributed by atoms with van der Waals surface area (Å²) in [6.45, 7) is 0. The van der Waals surface area contributed by atoms with E-state index in [2.05, 4.69) is 187 Å². The van der Waals surface area contributed by atoms with Crippen molar-refractivity contribution in [2.24, 2.45) is 0 Å². The van der Waals surface area contributed by atoms with Crippen molar-refractivity contribution < 1.29 is 4.42 Å². The molecule has 0 N–H and O–H groups in total. The van der Waals surface area contributed by atoms with E-state index in [1.54, 1.807) is 0 Å². The van der Waals surface area contributed by atoms with E-state index in [4.69, 9.17) is 9.40 Å². The highest BCUT2D eigenvalue weighted by Crippen LogP contribution is 2.65. The first-order valence-electron chi connectivity index (χ1n) is 18.2. The van der Waals surface area contributed by atoms with Crippen molar-refractivity contribution >= 4 is 33.0 Å². The van der Waals surface area contributed by atoms with Gasteiger partial charge in [-0.3, -0.25) is 4.57 Å². The van der Waals surface area contributed by atoms with E-state index in [0.29, 0.717) is 0 Å². The Morgan fingerprint density at radius 3 is 1.98 bits per heavy atom. The van der Waals surface area contributed by atoms with Crippen molar-refractivity contribution in [1.82, 2.24) is 9.55 Å². The highest BCUT2D eigenvalue weighted by molar-refractivity contribution is 6.13. The Labute approximate surface area is 306 Å². The molecule has 12 rings (SSSR count). The molecule has 0 amide bonds. The summed E-state index contributed by atoms with van der Waals surface area (Å²) in [7, 11) is 0. The van der Waals surface area contributed by atoms with Crippen LogP contribution in [0.1, 0.15) is 22.3 Å². The van der Waals surface area contributed by atoms with E-state index in [0.717, 1.165) is 50.0 Å². The third-order valence-electron chi connectivity index (χ3n) is 11.6. The second-order valence-corrected chi connectivity index (χ2v) is 14.2. The van der Waals surface area contributed by atoms with Crippen LogP contribution in [0.3, 0.4) is 0 Å².